The summed E-state index contributed by atoms with van der Waals surface area (Å²) >= 11 is 0. The van der Waals surface area contributed by atoms with Gasteiger partial charge in [-0.3, -0.25) is 9.59 Å². The van der Waals surface area contributed by atoms with Crippen LogP contribution in [0, 0.1) is 13.8 Å². The van der Waals surface area contributed by atoms with Gasteiger partial charge in [0.2, 0.25) is 0 Å². The Balaban J connectivity index is 2.07. The lowest BCUT2D eigenvalue weighted by molar-refractivity contribution is -0.133. The smallest absolute Gasteiger partial charge is 0.323 e. The van der Waals surface area contributed by atoms with E-state index in [1.807, 2.05) is 26.0 Å². The van der Waals surface area contributed by atoms with Gasteiger partial charge in [-0.15, -0.1) is 0 Å². The van der Waals surface area contributed by atoms with Crippen LogP contribution in [0.1, 0.15) is 85.8 Å². The molecule has 3 rings (SSSR count). The average Bonchev–Trinajstić information content (AvgIpc) is 3.02. The van der Waals surface area contributed by atoms with Gasteiger partial charge in [0.05, 0.1) is 0 Å². The number of benzene rings is 2. The molecule has 0 bridgehead atoms. The van der Waals surface area contributed by atoms with Crippen LogP contribution in [0.15, 0.2) is 24.3 Å². The van der Waals surface area contributed by atoms with Gasteiger partial charge in [-0.05, 0) is 67.3 Å². The summed E-state index contributed by atoms with van der Waals surface area (Å²) < 4.78 is 11.2. The Morgan fingerprint density at radius 3 is 2.23 bits per heavy atom. The maximum atomic E-state index is 13.0. The van der Waals surface area contributed by atoms with Crippen LogP contribution in [0.5, 0.6) is 11.5 Å². The third-order valence-corrected chi connectivity index (χ3v) is 5.68. The van der Waals surface area contributed by atoms with E-state index in [4.69, 9.17) is 9.47 Å². The number of rotatable bonds is 8. The molecule has 1 heterocycles. The first-order valence-electron chi connectivity index (χ1n) is 11.0. The van der Waals surface area contributed by atoms with E-state index in [9.17, 15) is 9.59 Å². The summed E-state index contributed by atoms with van der Waals surface area (Å²) in [7, 11) is 0. The van der Waals surface area contributed by atoms with Crippen molar-refractivity contribution >= 4 is 11.9 Å². The molecule has 0 saturated heterocycles. The van der Waals surface area contributed by atoms with Crippen LogP contribution in [-0.4, -0.2) is 11.9 Å². The molecule has 1 aliphatic heterocycles. The first-order valence-corrected chi connectivity index (χ1v) is 11.0. The molecule has 1 atom stereocenters. The summed E-state index contributed by atoms with van der Waals surface area (Å²) in [5.74, 6) is 0.303. The predicted molar refractivity (Wildman–Crippen MR) is 118 cm³/mol. The molecular weight excluding hydrogens is 376 g/mol. The Morgan fingerprint density at radius 1 is 1.00 bits per heavy atom. The fourth-order valence-corrected chi connectivity index (χ4v) is 4.26. The highest BCUT2D eigenvalue weighted by Crippen LogP contribution is 2.44. The standard InChI is InChI=1S/C26H32O4/c1-6-8-10-19-14-20(11-9-7-2)25-22(15-19)23(26(28)30-25)21-12-16(3)24(17(4)13-21)29-18(5)27/h12-15,23H,6-11H2,1-5H3. The van der Waals surface area contributed by atoms with Gasteiger partial charge >= 0.3 is 11.9 Å². The van der Waals surface area contributed by atoms with Crippen LogP contribution in [0.25, 0.3) is 0 Å². The molecule has 30 heavy (non-hydrogen) atoms. The van der Waals surface area contributed by atoms with Gasteiger partial charge in [0.1, 0.15) is 17.4 Å². The number of carbonyl (C=O) groups is 2. The van der Waals surface area contributed by atoms with Crippen LogP contribution in [0.4, 0.5) is 0 Å². The fraction of sp³-hybridized carbons (Fsp3) is 0.462. The summed E-state index contributed by atoms with van der Waals surface area (Å²) in [4.78, 5) is 24.4. The van der Waals surface area contributed by atoms with E-state index in [1.54, 1.807) is 0 Å². The molecule has 2 aromatic rings. The normalized spacial score (nSPS) is 15.1. The maximum absolute atomic E-state index is 13.0. The van der Waals surface area contributed by atoms with E-state index in [0.29, 0.717) is 5.75 Å². The monoisotopic (exact) mass is 408 g/mol. The number of unbranched alkanes of at least 4 members (excludes halogenated alkanes) is 2. The van der Waals surface area contributed by atoms with Gasteiger partial charge in [0, 0.05) is 12.5 Å². The number of aryl methyl sites for hydroxylation is 4. The van der Waals surface area contributed by atoms with Crippen molar-refractivity contribution in [2.24, 2.45) is 0 Å². The summed E-state index contributed by atoms with van der Waals surface area (Å²) in [6, 6.07) is 8.26. The fourth-order valence-electron chi connectivity index (χ4n) is 4.26. The summed E-state index contributed by atoms with van der Waals surface area (Å²) in [5, 5.41) is 0. The molecule has 4 nitrogen and oxygen atoms in total. The van der Waals surface area contributed by atoms with E-state index >= 15 is 0 Å². The summed E-state index contributed by atoms with van der Waals surface area (Å²) in [6.07, 6.45) is 6.36. The average molecular weight is 409 g/mol. The van der Waals surface area contributed by atoms with Crippen molar-refractivity contribution in [1.82, 2.24) is 0 Å². The molecule has 1 unspecified atom stereocenters. The molecule has 160 valence electrons. The molecule has 1 aliphatic rings. The number of ether oxygens (including phenoxy) is 2. The topological polar surface area (TPSA) is 52.6 Å². The minimum absolute atomic E-state index is 0.227. The molecule has 0 radical (unpaired) electrons. The molecular formula is C26H32O4. The van der Waals surface area contributed by atoms with Crippen molar-refractivity contribution in [1.29, 1.82) is 0 Å². The SMILES string of the molecule is CCCCc1cc(CCCC)c2c(c1)C(c1cc(C)c(OC(C)=O)c(C)c1)C(=O)O2. The van der Waals surface area contributed by atoms with Crippen molar-refractivity contribution in [3.8, 4) is 11.5 Å². The van der Waals surface area contributed by atoms with E-state index in [1.165, 1.54) is 12.5 Å². The second-order valence-electron chi connectivity index (χ2n) is 8.31. The van der Waals surface area contributed by atoms with Crippen molar-refractivity contribution in [2.75, 3.05) is 0 Å². The molecule has 0 saturated carbocycles. The Bertz CT molecular complexity index is 935. The molecule has 0 amide bonds. The van der Waals surface area contributed by atoms with Crippen LogP contribution in [0.2, 0.25) is 0 Å². The number of hydrogen-bond acceptors (Lipinski definition) is 4. The highest BCUT2D eigenvalue weighted by Gasteiger charge is 2.37. The molecule has 2 aromatic carbocycles. The highest BCUT2D eigenvalue weighted by molar-refractivity contribution is 5.90. The van der Waals surface area contributed by atoms with E-state index in [-0.39, 0.29) is 11.9 Å². The quantitative estimate of drug-likeness (QED) is 0.399. The van der Waals surface area contributed by atoms with Gasteiger partial charge in [0.25, 0.3) is 0 Å². The predicted octanol–water partition coefficient (Wildman–Crippen LogP) is 5.96. The summed E-state index contributed by atoms with van der Waals surface area (Å²) in [6.45, 7) is 9.57. The number of esters is 2. The summed E-state index contributed by atoms with van der Waals surface area (Å²) in [5.41, 5.74) is 5.96. The largest absolute Gasteiger partial charge is 0.426 e. The molecule has 0 aliphatic carbocycles. The van der Waals surface area contributed by atoms with Crippen molar-refractivity contribution in [2.45, 2.75) is 79.1 Å². The lowest BCUT2D eigenvalue weighted by Crippen LogP contribution is -2.13. The third kappa shape index (κ3) is 4.58. The Morgan fingerprint density at radius 2 is 1.63 bits per heavy atom. The Hall–Kier alpha value is -2.62. The van der Waals surface area contributed by atoms with Crippen molar-refractivity contribution in [3.05, 3.63) is 57.6 Å². The van der Waals surface area contributed by atoms with Gasteiger partial charge in [-0.2, -0.15) is 0 Å². The van der Waals surface area contributed by atoms with Crippen LogP contribution in [0.3, 0.4) is 0 Å². The van der Waals surface area contributed by atoms with Crippen molar-refractivity contribution < 1.29 is 19.1 Å². The van der Waals surface area contributed by atoms with E-state index in [2.05, 4.69) is 26.0 Å². The van der Waals surface area contributed by atoms with Crippen molar-refractivity contribution in [3.63, 3.8) is 0 Å². The Kier molecular flexibility index (Phi) is 6.96. The van der Waals surface area contributed by atoms with Crippen LogP contribution < -0.4 is 9.47 Å². The molecule has 0 N–H and O–H groups in total. The Labute approximate surface area is 179 Å². The minimum Gasteiger partial charge on any atom is -0.426 e. The zero-order valence-electron chi connectivity index (χ0n) is 18.8. The molecule has 0 spiro atoms. The van der Waals surface area contributed by atoms with Crippen LogP contribution >= 0.6 is 0 Å². The zero-order chi connectivity index (χ0) is 21.8. The molecule has 0 fully saturated rings. The van der Waals surface area contributed by atoms with Gasteiger partial charge in [0.15, 0.2) is 0 Å². The second kappa shape index (κ2) is 9.46. The maximum Gasteiger partial charge on any atom is 0.323 e. The van der Waals surface area contributed by atoms with Crippen LogP contribution in [-0.2, 0) is 22.4 Å². The van der Waals surface area contributed by atoms with Gasteiger partial charge < -0.3 is 9.47 Å². The zero-order valence-corrected chi connectivity index (χ0v) is 18.8. The lowest BCUT2D eigenvalue weighted by atomic mass is 9.87. The first kappa shape index (κ1) is 22.1. The number of fused-ring (bicyclic) bond motifs is 1. The highest BCUT2D eigenvalue weighted by atomic mass is 16.5. The molecule has 0 aromatic heterocycles. The van der Waals surface area contributed by atoms with E-state index < -0.39 is 5.92 Å². The third-order valence-electron chi connectivity index (χ3n) is 5.68. The van der Waals surface area contributed by atoms with Gasteiger partial charge in [-0.1, -0.05) is 51.0 Å². The number of hydrogen-bond donors (Lipinski definition) is 0. The minimum atomic E-state index is -0.439. The first-order chi connectivity index (χ1) is 14.3. The molecule has 4 heteroatoms. The number of carbonyl (C=O) groups excluding carboxylic acids is 2. The lowest BCUT2D eigenvalue weighted by Gasteiger charge is -2.15. The second-order valence-corrected chi connectivity index (χ2v) is 8.31. The van der Waals surface area contributed by atoms with Gasteiger partial charge in [-0.25, -0.2) is 0 Å². The van der Waals surface area contributed by atoms with E-state index in [0.717, 1.165) is 72.1 Å².